The highest BCUT2D eigenvalue weighted by molar-refractivity contribution is 5.89. The van der Waals surface area contributed by atoms with E-state index in [1.807, 2.05) is 29.2 Å². The quantitative estimate of drug-likeness (QED) is 0.648. The Balaban J connectivity index is 0.000000300. The average Bonchev–Trinajstić information content (AvgIpc) is 2.72. The Morgan fingerprint density at radius 3 is 2.14 bits per heavy atom. The smallest absolute Gasteiger partial charge is 0.328 e. The molecule has 3 rings (SSSR count). The Morgan fingerprint density at radius 2 is 1.57 bits per heavy atom. The van der Waals surface area contributed by atoms with Crippen molar-refractivity contribution in [1.29, 1.82) is 0 Å². The van der Waals surface area contributed by atoms with Gasteiger partial charge in [-0.15, -0.1) is 0 Å². The zero-order chi connectivity index (χ0) is 20.5. The maximum atomic E-state index is 11.6. The van der Waals surface area contributed by atoms with Gasteiger partial charge >= 0.3 is 11.9 Å². The van der Waals surface area contributed by atoms with Gasteiger partial charge in [0.05, 0.1) is 12.1 Å². The molecule has 148 valence electrons. The maximum absolute atomic E-state index is 11.6. The van der Waals surface area contributed by atoms with E-state index in [1.54, 1.807) is 0 Å². The van der Waals surface area contributed by atoms with Gasteiger partial charge < -0.3 is 25.7 Å². The number of carboxylic acids is 2. The number of hydrogen-bond acceptors (Lipinski definition) is 6. The van der Waals surface area contributed by atoms with Crippen LogP contribution in [-0.4, -0.2) is 70.7 Å². The number of pyridine rings is 1. The zero-order valence-corrected chi connectivity index (χ0v) is 15.2. The third-order valence-corrected chi connectivity index (χ3v) is 4.08. The molecule has 0 unspecified atom stereocenters. The number of carbonyl (C=O) groups is 3. The monoisotopic (exact) mass is 386 g/mol. The molecule has 4 N–H and O–H groups in total. The number of benzene rings is 1. The van der Waals surface area contributed by atoms with E-state index in [1.165, 1.54) is 0 Å². The lowest BCUT2D eigenvalue weighted by Gasteiger charge is -2.35. The number of aliphatic carboxylic acids is 2. The second-order valence-electron chi connectivity index (χ2n) is 5.94. The van der Waals surface area contributed by atoms with E-state index < -0.39 is 11.9 Å². The summed E-state index contributed by atoms with van der Waals surface area (Å²) < 4.78 is 0. The molecule has 28 heavy (non-hydrogen) atoms. The topological polar surface area (TPSA) is 137 Å². The largest absolute Gasteiger partial charge is 0.478 e. The lowest BCUT2D eigenvalue weighted by Crippen LogP contribution is -2.50. The van der Waals surface area contributed by atoms with E-state index in [0.717, 1.165) is 29.8 Å². The first kappa shape index (κ1) is 20.8. The summed E-state index contributed by atoms with van der Waals surface area (Å²) in [7, 11) is 0. The summed E-state index contributed by atoms with van der Waals surface area (Å²) in [5.74, 6) is -1.51. The van der Waals surface area contributed by atoms with Crippen molar-refractivity contribution >= 4 is 34.6 Å². The molecule has 9 heteroatoms. The highest BCUT2D eigenvalue weighted by Crippen LogP contribution is 2.19. The normalized spacial score (nSPS) is 13.9. The van der Waals surface area contributed by atoms with Crippen molar-refractivity contribution < 1.29 is 24.6 Å². The van der Waals surface area contributed by atoms with Crippen molar-refractivity contribution in [2.45, 2.75) is 0 Å². The summed E-state index contributed by atoms with van der Waals surface area (Å²) in [6, 6.07) is 12.2. The number of carbonyl (C=O) groups excluding carboxylic acids is 1. The molecule has 1 aliphatic rings. The predicted octanol–water partition coefficient (Wildman–Crippen LogP) is 0.554. The molecule has 1 aromatic heterocycles. The maximum Gasteiger partial charge on any atom is 0.328 e. The number of carboxylic acid groups (broad SMARTS) is 2. The van der Waals surface area contributed by atoms with Crippen LogP contribution in [0.2, 0.25) is 0 Å². The van der Waals surface area contributed by atoms with Crippen molar-refractivity contribution in [1.82, 2.24) is 9.88 Å². The van der Waals surface area contributed by atoms with Crippen molar-refractivity contribution in [3.05, 3.63) is 48.6 Å². The van der Waals surface area contributed by atoms with E-state index in [0.29, 0.717) is 25.2 Å². The van der Waals surface area contributed by atoms with Gasteiger partial charge in [-0.05, 0) is 18.2 Å². The first-order chi connectivity index (χ1) is 13.4. The molecular formula is C19H22N4O5. The molecule has 1 amide bonds. The molecule has 1 fully saturated rings. The van der Waals surface area contributed by atoms with Gasteiger partial charge in [-0.1, -0.05) is 18.2 Å². The minimum atomic E-state index is -1.26. The van der Waals surface area contributed by atoms with Crippen molar-refractivity contribution in [2.75, 3.05) is 37.6 Å². The molecule has 0 spiro atoms. The fourth-order valence-electron chi connectivity index (χ4n) is 2.69. The van der Waals surface area contributed by atoms with Crippen molar-refractivity contribution in [3.8, 4) is 0 Å². The Labute approximate surface area is 161 Å². The van der Waals surface area contributed by atoms with E-state index in [4.69, 9.17) is 15.9 Å². The number of nitrogens with two attached hydrogens (primary N) is 1. The third-order valence-electron chi connectivity index (χ3n) is 4.08. The van der Waals surface area contributed by atoms with Gasteiger partial charge in [-0.25, -0.2) is 14.6 Å². The van der Waals surface area contributed by atoms with Crippen LogP contribution in [0, 0.1) is 0 Å². The molecule has 0 bridgehead atoms. The number of fused-ring (bicyclic) bond motifs is 1. The van der Waals surface area contributed by atoms with Crippen LogP contribution in [-0.2, 0) is 14.4 Å². The van der Waals surface area contributed by atoms with E-state index >= 15 is 0 Å². The molecule has 1 aliphatic heterocycles. The lowest BCUT2D eigenvalue weighted by atomic mass is 10.2. The Hall–Kier alpha value is -3.46. The second-order valence-corrected chi connectivity index (χ2v) is 5.94. The standard InChI is InChI=1S/C15H18N4O.C4H4O4/c16-11-15(20)19-9-7-18(8-10-19)14-6-5-12-3-1-2-4-13(12)17-14;5-3(6)1-2-4(7)8/h1-6H,7-11,16H2;1-2H,(H,5,6)(H,7,8)/b;2-1+. The number of aromatic nitrogens is 1. The molecule has 2 heterocycles. The van der Waals surface area contributed by atoms with Crippen LogP contribution in [0.4, 0.5) is 5.82 Å². The number of anilines is 1. The summed E-state index contributed by atoms with van der Waals surface area (Å²) in [5, 5.41) is 16.8. The predicted molar refractivity (Wildman–Crippen MR) is 104 cm³/mol. The highest BCUT2D eigenvalue weighted by atomic mass is 16.4. The fraction of sp³-hybridized carbons (Fsp3) is 0.263. The molecule has 0 saturated carbocycles. The number of piperazine rings is 1. The summed E-state index contributed by atoms with van der Waals surface area (Å²) in [5.41, 5.74) is 6.40. The number of nitrogens with zero attached hydrogens (tertiary/aromatic N) is 3. The molecule has 9 nitrogen and oxygen atoms in total. The first-order valence-electron chi connectivity index (χ1n) is 8.63. The first-order valence-corrected chi connectivity index (χ1v) is 8.63. The van der Waals surface area contributed by atoms with Gasteiger partial charge in [-0.3, -0.25) is 4.79 Å². The molecule has 0 atom stereocenters. The van der Waals surface area contributed by atoms with E-state index in [9.17, 15) is 14.4 Å². The van der Waals surface area contributed by atoms with Crippen LogP contribution < -0.4 is 10.6 Å². The van der Waals surface area contributed by atoms with Crippen molar-refractivity contribution in [2.24, 2.45) is 5.73 Å². The van der Waals surface area contributed by atoms with Crippen LogP contribution in [0.1, 0.15) is 0 Å². The van der Waals surface area contributed by atoms with Gasteiger partial charge in [-0.2, -0.15) is 0 Å². The summed E-state index contributed by atoms with van der Waals surface area (Å²) in [4.78, 5) is 39.4. The van der Waals surface area contributed by atoms with Gasteiger partial charge in [0.25, 0.3) is 0 Å². The molecule has 0 aliphatic carbocycles. The Morgan fingerprint density at radius 1 is 0.964 bits per heavy atom. The molecule has 2 aromatic rings. The highest BCUT2D eigenvalue weighted by Gasteiger charge is 2.20. The second kappa shape index (κ2) is 10.0. The van der Waals surface area contributed by atoms with Crippen LogP contribution >= 0.6 is 0 Å². The average molecular weight is 386 g/mol. The van der Waals surface area contributed by atoms with Gasteiger partial charge in [0.1, 0.15) is 5.82 Å². The summed E-state index contributed by atoms with van der Waals surface area (Å²) >= 11 is 0. The fourth-order valence-corrected chi connectivity index (χ4v) is 2.69. The Bertz CT molecular complexity index is 860. The van der Waals surface area contributed by atoms with Crippen LogP contribution in [0.3, 0.4) is 0 Å². The van der Waals surface area contributed by atoms with Crippen LogP contribution in [0.15, 0.2) is 48.6 Å². The lowest BCUT2D eigenvalue weighted by molar-refractivity contribution is -0.134. The Kier molecular flexibility index (Phi) is 7.46. The number of rotatable bonds is 4. The minimum absolute atomic E-state index is 0.0242. The minimum Gasteiger partial charge on any atom is -0.478 e. The number of amides is 1. The van der Waals surface area contributed by atoms with Crippen molar-refractivity contribution in [3.63, 3.8) is 0 Å². The zero-order valence-electron chi connectivity index (χ0n) is 15.2. The molecule has 1 aromatic carbocycles. The summed E-state index contributed by atoms with van der Waals surface area (Å²) in [6.07, 6.45) is 1.12. The third kappa shape index (κ3) is 6.06. The number of para-hydroxylation sites is 1. The SMILES string of the molecule is NCC(=O)N1CCN(c2ccc3ccccc3n2)CC1.O=C(O)/C=C/C(=O)O. The summed E-state index contributed by atoms with van der Waals surface area (Å²) in [6.45, 7) is 3.12. The van der Waals surface area contributed by atoms with Gasteiger partial charge in [0.2, 0.25) is 5.91 Å². The van der Waals surface area contributed by atoms with E-state index in [2.05, 4.69) is 22.0 Å². The molecule has 0 radical (unpaired) electrons. The number of hydrogen-bond donors (Lipinski definition) is 3. The molecule has 1 saturated heterocycles. The van der Waals surface area contributed by atoms with Crippen LogP contribution in [0.25, 0.3) is 10.9 Å². The van der Waals surface area contributed by atoms with Gasteiger partial charge in [0, 0.05) is 43.7 Å². The van der Waals surface area contributed by atoms with Gasteiger partial charge in [0.15, 0.2) is 0 Å². The van der Waals surface area contributed by atoms with E-state index in [-0.39, 0.29) is 12.5 Å². The van der Waals surface area contributed by atoms with Crippen LogP contribution in [0.5, 0.6) is 0 Å². The molecular weight excluding hydrogens is 364 g/mol.